The van der Waals surface area contributed by atoms with Crippen LogP contribution in [0.1, 0.15) is 16.1 Å². The first-order chi connectivity index (χ1) is 13.1. The smallest absolute Gasteiger partial charge is 0.270 e. The topological polar surface area (TPSA) is 63.1 Å². The summed E-state index contributed by atoms with van der Waals surface area (Å²) in [5.74, 6) is 0.683. The fourth-order valence-electron chi connectivity index (χ4n) is 3.06. The Kier molecular flexibility index (Phi) is 4.38. The van der Waals surface area contributed by atoms with Gasteiger partial charge in [0, 0.05) is 42.3 Å². The summed E-state index contributed by atoms with van der Waals surface area (Å²) in [5, 5.41) is 5.36. The second-order valence-electron chi connectivity index (χ2n) is 6.43. The van der Waals surface area contributed by atoms with E-state index in [-0.39, 0.29) is 5.91 Å². The van der Waals surface area contributed by atoms with Gasteiger partial charge in [-0.25, -0.2) is 4.68 Å². The molecule has 27 heavy (non-hydrogen) atoms. The van der Waals surface area contributed by atoms with E-state index in [1.807, 2.05) is 65.5 Å². The molecule has 4 aromatic rings. The van der Waals surface area contributed by atoms with Crippen LogP contribution in [0.3, 0.4) is 0 Å². The maximum absolute atomic E-state index is 12.8. The average Bonchev–Trinajstić information content (AvgIpc) is 3.34. The van der Waals surface area contributed by atoms with Gasteiger partial charge >= 0.3 is 0 Å². The molecule has 0 bridgehead atoms. The summed E-state index contributed by atoms with van der Waals surface area (Å²) in [5.41, 5.74) is 3.38. The Bertz CT molecular complexity index is 1080. The van der Waals surface area contributed by atoms with Gasteiger partial charge in [0.1, 0.15) is 11.4 Å². The summed E-state index contributed by atoms with van der Waals surface area (Å²) in [6, 6.07) is 17.5. The monoisotopic (exact) mass is 360 g/mol. The molecule has 6 heteroatoms. The summed E-state index contributed by atoms with van der Waals surface area (Å²) < 4.78 is 7.04. The molecule has 0 aliphatic rings. The molecule has 0 aliphatic heterocycles. The van der Waals surface area contributed by atoms with Crippen LogP contribution in [0.4, 0.5) is 0 Å². The molecule has 2 aromatic heterocycles. The number of carbonyl (C=O) groups is 1. The number of hydrogen-bond donors (Lipinski definition) is 1. The fraction of sp³-hybridized carbons (Fsp3) is 0.143. The molecule has 1 amide bonds. The van der Waals surface area contributed by atoms with Crippen molar-refractivity contribution in [3.63, 3.8) is 0 Å². The zero-order valence-corrected chi connectivity index (χ0v) is 15.2. The predicted octanol–water partition coefficient (Wildman–Crippen LogP) is 3.63. The van der Waals surface area contributed by atoms with Crippen LogP contribution in [-0.2, 0) is 6.54 Å². The third-order valence-electron chi connectivity index (χ3n) is 4.48. The van der Waals surface area contributed by atoms with Crippen LogP contribution in [0.15, 0.2) is 67.0 Å². The van der Waals surface area contributed by atoms with Crippen molar-refractivity contribution < 1.29 is 9.53 Å². The molecule has 6 nitrogen and oxygen atoms in total. The molecule has 0 spiro atoms. The number of hydrogen-bond acceptors (Lipinski definition) is 3. The van der Waals surface area contributed by atoms with E-state index in [0.717, 1.165) is 27.9 Å². The van der Waals surface area contributed by atoms with E-state index in [2.05, 4.69) is 10.1 Å². The van der Waals surface area contributed by atoms with Crippen molar-refractivity contribution in [2.24, 2.45) is 0 Å². The molecule has 0 unspecified atom stereocenters. The van der Waals surface area contributed by atoms with E-state index in [0.29, 0.717) is 12.2 Å². The largest absolute Gasteiger partial charge is 0.497 e. The van der Waals surface area contributed by atoms with E-state index >= 15 is 0 Å². The lowest BCUT2D eigenvalue weighted by molar-refractivity contribution is 0.0780. The number of aromatic nitrogens is 3. The number of fused-ring (bicyclic) bond motifs is 1. The zero-order valence-electron chi connectivity index (χ0n) is 15.2. The Labute approximate surface area is 157 Å². The number of benzene rings is 2. The predicted molar refractivity (Wildman–Crippen MR) is 104 cm³/mol. The number of rotatable bonds is 5. The van der Waals surface area contributed by atoms with Crippen LogP contribution >= 0.6 is 0 Å². The second kappa shape index (κ2) is 6.99. The highest BCUT2D eigenvalue weighted by Gasteiger charge is 2.16. The molecule has 0 saturated heterocycles. The van der Waals surface area contributed by atoms with Gasteiger partial charge in [0.05, 0.1) is 19.0 Å². The van der Waals surface area contributed by atoms with Gasteiger partial charge in [-0.15, -0.1) is 0 Å². The molecule has 4 rings (SSSR count). The van der Waals surface area contributed by atoms with Gasteiger partial charge in [0.25, 0.3) is 5.91 Å². The van der Waals surface area contributed by atoms with E-state index in [1.165, 1.54) is 0 Å². The third kappa shape index (κ3) is 3.42. The van der Waals surface area contributed by atoms with Crippen molar-refractivity contribution in [3.05, 3.63) is 78.2 Å². The highest BCUT2D eigenvalue weighted by Crippen LogP contribution is 2.22. The number of amides is 1. The minimum Gasteiger partial charge on any atom is -0.497 e. The van der Waals surface area contributed by atoms with E-state index in [1.54, 1.807) is 25.3 Å². The molecule has 0 radical (unpaired) electrons. The Balaban J connectivity index is 1.50. The van der Waals surface area contributed by atoms with E-state index in [4.69, 9.17) is 4.74 Å². The second-order valence-corrected chi connectivity index (χ2v) is 6.43. The van der Waals surface area contributed by atoms with Crippen molar-refractivity contribution in [2.45, 2.75) is 6.54 Å². The van der Waals surface area contributed by atoms with Crippen molar-refractivity contribution in [3.8, 4) is 11.4 Å². The van der Waals surface area contributed by atoms with Crippen molar-refractivity contribution in [1.29, 1.82) is 0 Å². The van der Waals surface area contributed by atoms with Crippen LogP contribution in [0.2, 0.25) is 0 Å². The number of nitrogens with zero attached hydrogens (tertiary/aromatic N) is 3. The summed E-state index contributed by atoms with van der Waals surface area (Å²) in [6.07, 6.45) is 3.72. The number of H-pyrrole nitrogens is 1. The van der Waals surface area contributed by atoms with Crippen molar-refractivity contribution in [1.82, 2.24) is 19.7 Å². The van der Waals surface area contributed by atoms with Crippen LogP contribution in [0, 0.1) is 0 Å². The van der Waals surface area contributed by atoms with Gasteiger partial charge in [0.15, 0.2) is 0 Å². The SMILES string of the molecule is COc1ccc2cc(C(=O)N(C)Cc3cnn(-c4ccccc4)c3)[nH]c2c1. The van der Waals surface area contributed by atoms with Gasteiger partial charge in [-0.3, -0.25) is 4.79 Å². The number of nitrogens with one attached hydrogen (secondary N) is 1. The summed E-state index contributed by atoms with van der Waals surface area (Å²) in [4.78, 5) is 17.6. The summed E-state index contributed by atoms with van der Waals surface area (Å²) in [6.45, 7) is 0.477. The average molecular weight is 360 g/mol. The minimum atomic E-state index is -0.0716. The minimum absolute atomic E-state index is 0.0716. The van der Waals surface area contributed by atoms with Gasteiger partial charge in [0.2, 0.25) is 0 Å². The van der Waals surface area contributed by atoms with Gasteiger partial charge in [-0.1, -0.05) is 18.2 Å². The van der Waals surface area contributed by atoms with E-state index in [9.17, 15) is 4.79 Å². The number of carbonyl (C=O) groups excluding carboxylic acids is 1. The van der Waals surface area contributed by atoms with Crippen molar-refractivity contribution in [2.75, 3.05) is 14.2 Å². The normalized spacial score (nSPS) is 10.9. The molecule has 0 fully saturated rings. The van der Waals surface area contributed by atoms with Crippen LogP contribution < -0.4 is 4.74 Å². The molecule has 136 valence electrons. The van der Waals surface area contributed by atoms with Gasteiger partial charge in [-0.2, -0.15) is 5.10 Å². The first kappa shape index (κ1) is 16.9. The molecule has 2 aromatic carbocycles. The van der Waals surface area contributed by atoms with Crippen LogP contribution in [0.25, 0.3) is 16.6 Å². The lowest BCUT2D eigenvalue weighted by atomic mass is 10.2. The van der Waals surface area contributed by atoms with Gasteiger partial charge in [-0.05, 0) is 30.3 Å². The standard InChI is InChI=1S/C21H20N4O2/c1-24(13-15-12-22-25(14-15)17-6-4-3-5-7-17)21(26)20-10-16-8-9-18(27-2)11-19(16)23-20/h3-12,14,23H,13H2,1-2H3. The first-order valence-corrected chi connectivity index (χ1v) is 8.65. The number of ether oxygens (including phenoxy) is 1. The number of methoxy groups -OCH3 is 1. The fourth-order valence-corrected chi connectivity index (χ4v) is 3.06. The molecule has 2 heterocycles. The number of aromatic amines is 1. The molecule has 0 saturated carbocycles. The Hall–Kier alpha value is -3.54. The Morgan fingerprint density at radius 3 is 2.78 bits per heavy atom. The van der Waals surface area contributed by atoms with Gasteiger partial charge < -0.3 is 14.6 Å². The molecular weight excluding hydrogens is 340 g/mol. The first-order valence-electron chi connectivity index (χ1n) is 8.65. The van der Waals surface area contributed by atoms with Crippen molar-refractivity contribution >= 4 is 16.8 Å². The zero-order chi connectivity index (χ0) is 18.8. The maximum Gasteiger partial charge on any atom is 0.270 e. The lowest BCUT2D eigenvalue weighted by Gasteiger charge is -2.15. The Morgan fingerprint density at radius 1 is 1.19 bits per heavy atom. The highest BCUT2D eigenvalue weighted by molar-refractivity contribution is 5.98. The highest BCUT2D eigenvalue weighted by atomic mass is 16.5. The molecular formula is C21H20N4O2. The van der Waals surface area contributed by atoms with Crippen LogP contribution in [-0.4, -0.2) is 39.7 Å². The molecule has 0 aliphatic carbocycles. The quantitative estimate of drug-likeness (QED) is 0.591. The molecule has 1 N–H and O–H groups in total. The third-order valence-corrected chi connectivity index (χ3v) is 4.48. The van der Waals surface area contributed by atoms with Crippen LogP contribution in [0.5, 0.6) is 5.75 Å². The van der Waals surface area contributed by atoms with E-state index < -0.39 is 0 Å². The summed E-state index contributed by atoms with van der Waals surface area (Å²) in [7, 11) is 3.41. The Morgan fingerprint density at radius 2 is 2.00 bits per heavy atom. The number of para-hydroxylation sites is 1. The molecule has 0 atom stereocenters. The maximum atomic E-state index is 12.8. The summed E-state index contributed by atoms with van der Waals surface area (Å²) >= 11 is 0. The lowest BCUT2D eigenvalue weighted by Crippen LogP contribution is -2.26.